The number of sulfonamides is 1. The highest BCUT2D eigenvalue weighted by Gasteiger charge is 2.28. The molecule has 2 aromatic heterocycles. The average Bonchev–Trinajstić information content (AvgIpc) is 3.39. The lowest BCUT2D eigenvalue weighted by atomic mass is 9.98. The molecule has 0 unspecified atom stereocenters. The van der Waals surface area contributed by atoms with Crippen LogP contribution in [0.25, 0.3) is 21.8 Å². The fraction of sp³-hybridized carbons (Fsp3) is 0.310. The molecular weight excluding hydrogens is 617 g/mol. The molecular formula is C29H31F3N6O4S2. The molecule has 0 saturated carbocycles. The summed E-state index contributed by atoms with van der Waals surface area (Å²) in [6.45, 7) is 7.59. The molecule has 4 N–H and O–H groups in total. The third-order valence-corrected chi connectivity index (χ3v) is 9.08. The lowest BCUT2D eigenvalue weighted by molar-refractivity contribution is -0.122. The van der Waals surface area contributed by atoms with Crippen LogP contribution < -0.4 is 15.4 Å². The summed E-state index contributed by atoms with van der Waals surface area (Å²) in [5, 5.41) is 15.3. The molecule has 44 heavy (non-hydrogen) atoms. The molecule has 4 rings (SSSR count). The maximum absolute atomic E-state index is 16.0. The van der Waals surface area contributed by atoms with E-state index in [9.17, 15) is 22.0 Å². The van der Waals surface area contributed by atoms with Gasteiger partial charge in [0.25, 0.3) is 10.0 Å². The first-order valence-corrected chi connectivity index (χ1v) is 15.8. The number of aromatic nitrogens is 3. The van der Waals surface area contributed by atoms with Gasteiger partial charge in [-0.25, -0.2) is 36.5 Å². The number of amides is 1. The van der Waals surface area contributed by atoms with E-state index >= 15 is 4.39 Å². The Balaban J connectivity index is 1.71. The van der Waals surface area contributed by atoms with Crippen molar-refractivity contribution in [2.24, 2.45) is 0 Å². The van der Waals surface area contributed by atoms with E-state index in [2.05, 4.69) is 20.6 Å². The number of nitrogens with zero attached hydrogens (tertiary/aromatic N) is 3. The molecule has 0 spiro atoms. The third-order valence-electron chi connectivity index (χ3n) is 6.16. The second-order valence-electron chi connectivity index (χ2n) is 10.9. The molecule has 0 aliphatic heterocycles. The van der Waals surface area contributed by atoms with Crippen molar-refractivity contribution in [2.45, 2.75) is 50.5 Å². The van der Waals surface area contributed by atoms with Crippen LogP contribution in [0.5, 0.6) is 0 Å². The molecule has 2 heterocycles. The van der Waals surface area contributed by atoms with Crippen molar-refractivity contribution in [1.29, 1.82) is 0 Å². The van der Waals surface area contributed by atoms with Crippen LogP contribution >= 0.6 is 11.3 Å². The highest BCUT2D eigenvalue weighted by molar-refractivity contribution is 7.92. The quantitative estimate of drug-likeness (QED) is 0.176. The largest absolute Gasteiger partial charge is 0.396 e. The van der Waals surface area contributed by atoms with E-state index < -0.39 is 43.5 Å². The van der Waals surface area contributed by atoms with Crippen LogP contribution in [0.1, 0.15) is 39.1 Å². The Morgan fingerprint density at radius 2 is 1.73 bits per heavy atom. The minimum atomic E-state index is -4.83. The Morgan fingerprint density at radius 3 is 2.39 bits per heavy atom. The second kappa shape index (κ2) is 13.3. The number of aliphatic hydroxyl groups excluding tert-OH is 1. The summed E-state index contributed by atoms with van der Waals surface area (Å²) in [6, 6.07) is 7.87. The number of nitrogens with one attached hydrogen (secondary N) is 3. The molecule has 10 nitrogen and oxygen atoms in total. The van der Waals surface area contributed by atoms with Crippen molar-refractivity contribution >= 4 is 38.9 Å². The first-order chi connectivity index (χ1) is 20.7. The zero-order valence-electron chi connectivity index (χ0n) is 24.3. The van der Waals surface area contributed by atoms with E-state index in [0.29, 0.717) is 15.6 Å². The Hall–Kier alpha value is -4.08. The Kier molecular flexibility index (Phi) is 9.91. The molecule has 0 saturated heterocycles. The number of benzene rings is 2. The van der Waals surface area contributed by atoms with Gasteiger partial charge in [0.05, 0.1) is 33.6 Å². The molecule has 0 aliphatic rings. The van der Waals surface area contributed by atoms with Crippen LogP contribution in [0.2, 0.25) is 0 Å². The number of anilines is 2. The van der Waals surface area contributed by atoms with Gasteiger partial charge in [0.1, 0.15) is 11.6 Å². The summed E-state index contributed by atoms with van der Waals surface area (Å²) in [4.78, 5) is 24.5. The van der Waals surface area contributed by atoms with Crippen molar-refractivity contribution in [1.82, 2.24) is 20.3 Å². The zero-order chi connectivity index (χ0) is 32.2. The predicted molar refractivity (Wildman–Crippen MR) is 162 cm³/mol. The van der Waals surface area contributed by atoms with Crippen LogP contribution in [0.3, 0.4) is 0 Å². The first-order valence-electron chi connectivity index (χ1n) is 13.5. The minimum Gasteiger partial charge on any atom is -0.396 e. The highest BCUT2D eigenvalue weighted by Crippen LogP contribution is 2.42. The fourth-order valence-corrected chi connectivity index (χ4v) is 6.35. The van der Waals surface area contributed by atoms with Gasteiger partial charge in [-0.1, -0.05) is 32.9 Å². The van der Waals surface area contributed by atoms with Crippen LogP contribution in [-0.4, -0.2) is 53.6 Å². The Morgan fingerprint density at radius 1 is 1.05 bits per heavy atom. The highest BCUT2D eigenvalue weighted by atomic mass is 32.2. The van der Waals surface area contributed by atoms with Gasteiger partial charge in [0.15, 0.2) is 10.7 Å². The van der Waals surface area contributed by atoms with Crippen molar-refractivity contribution < 1.29 is 31.5 Å². The number of hydrogen-bond donors (Lipinski definition) is 4. The minimum absolute atomic E-state index is 0.0141. The zero-order valence-corrected chi connectivity index (χ0v) is 25.9. The van der Waals surface area contributed by atoms with E-state index in [1.165, 1.54) is 29.7 Å². The summed E-state index contributed by atoms with van der Waals surface area (Å²) in [6.07, 6.45) is 1.49. The fourth-order valence-electron chi connectivity index (χ4n) is 4.04. The van der Waals surface area contributed by atoms with Gasteiger partial charge >= 0.3 is 0 Å². The standard InChI is InChI=1S/C29H31F3N6O4S2/c1-16(35-22(40)12-14-39)15-34-28-33-13-11-21(36-28)25-24(37-27(43-25)29(2,3)4)17-7-5-10-20(23(17)32)38-44(41,42)26-18(30)8-6-9-19(26)31/h5-11,13,16,38-39H,12,14-15H2,1-4H3,(H,35,40)(H,33,34,36)/t16-/m1/s1. The van der Waals surface area contributed by atoms with Crippen LogP contribution in [-0.2, 0) is 20.2 Å². The molecule has 0 fully saturated rings. The van der Waals surface area contributed by atoms with Gasteiger partial charge in [0.2, 0.25) is 11.9 Å². The van der Waals surface area contributed by atoms with Gasteiger partial charge in [-0.3, -0.25) is 9.52 Å². The van der Waals surface area contributed by atoms with Crippen LogP contribution in [0.15, 0.2) is 53.6 Å². The molecule has 4 aromatic rings. The monoisotopic (exact) mass is 648 g/mol. The number of aliphatic hydroxyl groups is 1. The van der Waals surface area contributed by atoms with E-state index in [1.54, 1.807) is 13.0 Å². The molecule has 1 amide bonds. The predicted octanol–water partition coefficient (Wildman–Crippen LogP) is 5.08. The second-order valence-corrected chi connectivity index (χ2v) is 13.5. The van der Waals surface area contributed by atoms with Crippen molar-refractivity contribution in [3.63, 3.8) is 0 Å². The van der Waals surface area contributed by atoms with Gasteiger partial charge in [-0.15, -0.1) is 11.3 Å². The molecule has 0 aliphatic carbocycles. The first kappa shape index (κ1) is 32.8. The van der Waals surface area contributed by atoms with Crippen molar-refractivity contribution in [3.05, 3.63) is 71.1 Å². The van der Waals surface area contributed by atoms with Gasteiger partial charge in [0, 0.05) is 36.2 Å². The smallest absolute Gasteiger partial charge is 0.267 e. The summed E-state index contributed by atoms with van der Waals surface area (Å²) >= 11 is 1.28. The lowest BCUT2D eigenvalue weighted by Gasteiger charge is -2.15. The van der Waals surface area contributed by atoms with Gasteiger partial charge in [-0.05, 0) is 37.3 Å². The summed E-state index contributed by atoms with van der Waals surface area (Å²) in [5.74, 6) is -3.70. The number of carbonyl (C=O) groups is 1. The van der Waals surface area contributed by atoms with E-state index in [-0.39, 0.29) is 48.7 Å². The molecule has 1 atom stereocenters. The summed E-state index contributed by atoms with van der Waals surface area (Å²) in [5.41, 5.74) is -0.435. The van der Waals surface area contributed by atoms with E-state index in [1.807, 2.05) is 25.5 Å². The van der Waals surface area contributed by atoms with Crippen LogP contribution in [0, 0.1) is 17.5 Å². The topological polar surface area (TPSA) is 146 Å². The Bertz CT molecular complexity index is 1760. The van der Waals surface area contributed by atoms with Gasteiger partial charge < -0.3 is 15.7 Å². The van der Waals surface area contributed by atoms with Crippen molar-refractivity contribution in [2.75, 3.05) is 23.2 Å². The summed E-state index contributed by atoms with van der Waals surface area (Å²) in [7, 11) is -4.83. The SMILES string of the molecule is C[C@H](CNc1nccc(-c2sc(C(C)(C)C)nc2-c2cccc(NS(=O)(=O)c3c(F)cccc3F)c2F)n1)NC(=O)CCO. The van der Waals surface area contributed by atoms with Gasteiger partial charge in [-0.2, -0.15) is 0 Å². The molecule has 0 radical (unpaired) electrons. The number of thiazole rings is 1. The molecule has 0 bridgehead atoms. The van der Waals surface area contributed by atoms with E-state index in [0.717, 1.165) is 24.3 Å². The normalized spacial score (nSPS) is 12.5. The van der Waals surface area contributed by atoms with Crippen LogP contribution in [0.4, 0.5) is 24.8 Å². The summed E-state index contributed by atoms with van der Waals surface area (Å²) < 4.78 is 72.2. The number of halogens is 3. The number of hydrogen-bond acceptors (Lipinski definition) is 9. The van der Waals surface area contributed by atoms with E-state index in [4.69, 9.17) is 10.1 Å². The molecule has 2 aromatic carbocycles. The maximum atomic E-state index is 16.0. The lowest BCUT2D eigenvalue weighted by Crippen LogP contribution is -2.37. The number of rotatable bonds is 11. The Labute approximate surface area is 256 Å². The van der Waals surface area contributed by atoms with Crippen molar-refractivity contribution in [3.8, 4) is 21.8 Å². The number of carbonyl (C=O) groups excluding carboxylic acids is 1. The molecule has 15 heteroatoms. The maximum Gasteiger partial charge on any atom is 0.267 e. The third kappa shape index (κ3) is 7.52. The molecule has 234 valence electrons. The average molecular weight is 649 g/mol.